The maximum Gasteiger partial charge on any atom is 0.326 e. The van der Waals surface area contributed by atoms with Gasteiger partial charge in [0.15, 0.2) is 0 Å². The number of carbonyl (C=O) groups excluding carboxylic acids is 3. The van der Waals surface area contributed by atoms with Gasteiger partial charge >= 0.3 is 5.97 Å². The maximum atomic E-state index is 12.6. The number of likely N-dealkylation sites (tertiary alicyclic amines) is 1. The van der Waals surface area contributed by atoms with Crippen molar-refractivity contribution in [3.05, 3.63) is 41.4 Å². The van der Waals surface area contributed by atoms with Crippen molar-refractivity contribution in [2.75, 3.05) is 6.54 Å². The summed E-state index contributed by atoms with van der Waals surface area (Å²) in [5.74, 6) is -1.31. The first-order valence-corrected chi connectivity index (χ1v) is 9.47. The van der Waals surface area contributed by atoms with Crippen LogP contribution in [0.1, 0.15) is 11.4 Å². The molecule has 6 nitrogen and oxygen atoms in total. The molecule has 1 aromatic heterocycles. The first-order valence-electron chi connectivity index (χ1n) is 8.65. The topological polar surface area (TPSA) is 76.6 Å². The molecule has 132 valence electrons. The van der Waals surface area contributed by atoms with Gasteiger partial charge in [-0.15, -0.1) is 11.3 Å². The van der Waals surface area contributed by atoms with Crippen molar-refractivity contribution in [3.63, 3.8) is 0 Å². The van der Waals surface area contributed by atoms with Crippen LogP contribution in [0, 0.1) is 23.7 Å². The molecule has 2 heterocycles. The van der Waals surface area contributed by atoms with Crippen molar-refractivity contribution in [1.29, 1.82) is 0 Å². The molecule has 1 aliphatic heterocycles. The van der Waals surface area contributed by atoms with Crippen LogP contribution in [0.4, 0.5) is 0 Å². The second-order valence-corrected chi connectivity index (χ2v) is 8.11. The summed E-state index contributed by atoms with van der Waals surface area (Å²) in [5, 5.41) is 0.692. The molecule has 3 aliphatic rings. The van der Waals surface area contributed by atoms with Gasteiger partial charge in [0.25, 0.3) is 0 Å². The number of allylic oxidation sites excluding steroid dienone is 2. The molecule has 2 aromatic rings. The number of thiazole rings is 1. The minimum absolute atomic E-state index is 0.0497. The van der Waals surface area contributed by atoms with Crippen LogP contribution in [-0.4, -0.2) is 34.2 Å². The smallest absolute Gasteiger partial charge is 0.326 e. The summed E-state index contributed by atoms with van der Waals surface area (Å²) < 4.78 is 6.28. The zero-order valence-corrected chi connectivity index (χ0v) is 14.6. The number of para-hydroxylation sites is 1. The van der Waals surface area contributed by atoms with E-state index in [1.54, 1.807) is 0 Å². The zero-order chi connectivity index (χ0) is 17.8. The fourth-order valence-corrected chi connectivity index (χ4v) is 5.30. The van der Waals surface area contributed by atoms with Crippen molar-refractivity contribution < 1.29 is 19.1 Å². The highest BCUT2D eigenvalue weighted by molar-refractivity contribution is 7.18. The number of nitrogens with zero attached hydrogens (tertiary/aromatic N) is 2. The number of benzene rings is 1. The van der Waals surface area contributed by atoms with Crippen LogP contribution >= 0.6 is 11.3 Å². The molecule has 26 heavy (non-hydrogen) atoms. The highest BCUT2D eigenvalue weighted by Gasteiger charge is 2.59. The number of hydrogen-bond donors (Lipinski definition) is 0. The van der Waals surface area contributed by atoms with Gasteiger partial charge in [-0.2, -0.15) is 0 Å². The third-order valence-corrected chi connectivity index (χ3v) is 6.55. The number of esters is 1. The monoisotopic (exact) mass is 368 g/mol. The van der Waals surface area contributed by atoms with Gasteiger partial charge in [0, 0.05) is 0 Å². The SMILES string of the molecule is O=C(CN1C(=O)[C@@H]2[C@@H](C1=O)[C@H]1C=C[C@H]2C1)OCc1nc2ccccc2s1. The Hall–Kier alpha value is -2.54. The van der Waals surface area contributed by atoms with Crippen molar-refractivity contribution >= 4 is 39.3 Å². The van der Waals surface area contributed by atoms with E-state index in [9.17, 15) is 14.4 Å². The molecule has 4 atom stereocenters. The lowest BCUT2D eigenvalue weighted by Gasteiger charge is -2.16. The van der Waals surface area contributed by atoms with Crippen LogP contribution in [0.2, 0.25) is 0 Å². The summed E-state index contributed by atoms with van der Waals surface area (Å²) in [6, 6.07) is 7.70. The van der Waals surface area contributed by atoms with Gasteiger partial charge < -0.3 is 4.74 Å². The molecule has 1 saturated carbocycles. The van der Waals surface area contributed by atoms with Crippen LogP contribution in [0.15, 0.2) is 36.4 Å². The molecule has 2 fully saturated rings. The Balaban J connectivity index is 1.23. The molecule has 2 bridgehead atoms. The van der Waals surface area contributed by atoms with E-state index in [-0.39, 0.29) is 48.6 Å². The van der Waals surface area contributed by atoms with E-state index < -0.39 is 5.97 Å². The summed E-state index contributed by atoms with van der Waals surface area (Å²) in [4.78, 5) is 42.8. The molecule has 1 saturated heterocycles. The van der Waals surface area contributed by atoms with Gasteiger partial charge in [-0.1, -0.05) is 24.3 Å². The van der Waals surface area contributed by atoms with Crippen molar-refractivity contribution in [2.45, 2.75) is 13.0 Å². The summed E-state index contributed by atoms with van der Waals surface area (Å²) in [7, 11) is 0. The number of fused-ring (bicyclic) bond motifs is 6. The average molecular weight is 368 g/mol. The lowest BCUT2D eigenvalue weighted by atomic mass is 9.85. The maximum absolute atomic E-state index is 12.6. The Kier molecular flexibility index (Phi) is 3.46. The normalized spacial score (nSPS) is 29.0. The number of carbonyl (C=O) groups is 3. The van der Waals surface area contributed by atoms with Gasteiger partial charge in [-0.05, 0) is 30.4 Å². The van der Waals surface area contributed by atoms with E-state index in [0.717, 1.165) is 21.5 Å². The Labute approximate surface area is 153 Å². The Morgan fingerprint density at radius 1 is 1.15 bits per heavy atom. The summed E-state index contributed by atoms with van der Waals surface area (Å²) in [6.45, 7) is -0.261. The van der Waals surface area contributed by atoms with Gasteiger partial charge in [0.05, 0.1) is 22.1 Å². The summed E-state index contributed by atoms with van der Waals surface area (Å²) >= 11 is 1.46. The minimum atomic E-state index is -0.578. The molecule has 2 amide bonds. The predicted molar refractivity (Wildman–Crippen MR) is 93.9 cm³/mol. The fraction of sp³-hybridized carbons (Fsp3) is 0.368. The first-order chi connectivity index (χ1) is 12.6. The molecule has 0 unspecified atom stereocenters. The molecule has 0 N–H and O–H groups in total. The van der Waals surface area contributed by atoms with Gasteiger partial charge in [0.1, 0.15) is 18.2 Å². The molecule has 0 radical (unpaired) electrons. The second kappa shape index (κ2) is 5.74. The molecule has 5 rings (SSSR count). The Morgan fingerprint density at radius 3 is 2.54 bits per heavy atom. The van der Waals surface area contributed by atoms with E-state index in [2.05, 4.69) is 4.98 Å². The third kappa shape index (κ3) is 2.30. The van der Waals surface area contributed by atoms with E-state index >= 15 is 0 Å². The summed E-state index contributed by atoms with van der Waals surface area (Å²) in [6.07, 6.45) is 4.95. The standard InChI is InChI=1S/C19H16N2O4S/c22-15(25-9-14-20-12-3-1-2-4-13(12)26-14)8-21-18(23)16-10-5-6-11(7-10)17(16)19(21)24/h1-6,10-11,16-17H,7-9H2/t10-,11-,16-,17-/m0/s1. The molecule has 2 aliphatic carbocycles. The lowest BCUT2D eigenvalue weighted by molar-refractivity contribution is -0.154. The van der Waals surface area contributed by atoms with E-state index in [4.69, 9.17) is 4.74 Å². The number of amides is 2. The fourth-order valence-electron chi connectivity index (χ4n) is 4.42. The van der Waals surface area contributed by atoms with Crippen LogP contribution in [0.5, 0.6) is 0 Å². The third-order valence-electron chi connectivity index (χ3n) is 5.54. The van der Waals surface area contributed by atoms with E-state index in [1.807, 2.05) is 36.4 Å². The van der Waals surface area contributed by atoms with Crippen LogP contribution in [-0.2, 0) is 25.7 Å². The largest absolute Gasteiger partial charge is 0.457 e. The summed E-state index contributed by atoms with van der Waals surface area (Å²) in [5.41, 5.74) is 0.865. The number of ether oxygens (including phenoxy) is 1. The molecule has 0 spiro atoms. The van der Waals surface area contributed by atoms with Gasteiger partial charge in [0.2, 0.25) is 11.8 Å². The van der Waals surface area contributed by atoms with Crippen LogP contribution in [0.3, 0.4) is 0 Å². The van der Waals surface area contributed by atoms with Crippen LogP contribution in [0.25, 0.3) is 10.2 Å². The number of hydrogen-bond acceptors (Lipinski definition) is 6. The zero-order valence-electron chi connectivity index (χ0n) is 13.8. The number of imide groups is 1. The first kappa shape index (κ1) is 15.7. The highest BCUT2D eigenvalue weighted by Crippen LogP contribution is 2.52. The van der Waals surface area contributed by atoms with Crippen LogP contribution < -0.4 is 0 Å². The Morgan fingerprint density at radius 2 is 1.85 bits per heavy atom. The second-order valence-electron chi connectivity index (χ2n) is 7.00. The molecular formula is C19H16N2O4S. The predicted octanol–water partition coefficient (Wildman–Crippen LogP) is 2.15. The van der Waals surface area contributed by atoms with E-state index in [0.29, 0.717) is 5.01 Å². The highest BCUT2D eigenvalue weighted by atomic mass is 32.1. The Bertz CT molecular complexity index is 902. The van der Waals surface area contributed by atoms with Crippen molar-refractivity contribution in [1.82, 2.24) is 9.88 Å². The quantitative estimate of drug-likeness (QED) is 0.469. The molecule has 7 heteroatoms. The van der Waals surface area contributed by atoms with Crippen molar-refractivity contribution in [2.24, 2.45) is 23.7 Å². The molecular weight excluding hydrogens is 352 g/mol. The average Bonchev–Trinajstić information content (AvgIpc) is 3.39. The lowest BCUT2D eigenvalue weighted by Crippen LogP contribution is -2.37. The molecule has 1 aromatic carbocycles. The van der Waals surface area contributed by atoms with Gasteiger partial charge in [-0.3, -0.25) is 19.3 Å². The van der Waals surface area contributed by atoms with E-state index in [1.165, 1.54) is 11.3 Å². The minimum Gasteiger partial charge on any atom is -0.457 e. The van der Waals surface area contributed by atoms with Crippen molar-refractivity contribution in [3.8, 4) is 0 Å². The number of rotatable bonds is 4. The van der Waals surface area contributed by atoms with Gasteiger partial charge in [-0.25, -0.2) is 4.98 Å². The number of aromatic nitrogens is 1.